The van der Waals surface area contributed by atoms with Crippen LogP contribution in [0.15, 0.2) is 71.6 Å². The van der Waals surface area contributed by atoms with E-state index >= 15 is 0 Å². The van der Waals surface area contributed by atoms with Gasteiger partial charge < -0.3 is 20.7 Å². The molecule has 0 spiro atoms. The van der Waals surface area contributed by atoms with E-state index in [1.165, 1.54) is 30.0 Å². The molecule has 0 aliphatic carbocycles. The standard InChI is InChI=1S/C26H24N4O3S3/c1-15(31)17-7-9-18(10-8-17)27-25(34)28-19-5-4-6-21(13-19)35-16(2)24(32)30-26-29-22-12-11-20(33-3)14-23(22)36-26/h4-14,16H,1-3H3,(H2,27,28,34)(H,29,30,32). The Balaban J connectivity index is 1.33. The number of amides is 1. The fourth-order valence-corrected chi connectivity index (χ4v) is 5.34. The number of thiocarbonyl (C=S) groups is 1. The number of rotatable bonds is 8. The maximum atomic E-state index is 12.8. The second-order valence-corrected chi connectivity index (χ2v) is 10.7. The molecule has 4 rings (SSSR count). The molecule has 1 unspecified atom stereocenters. The van der Waals surface area contributed by atoms with Gasteiger partial charge in [0.2, 0.25) is 5.91 Å². The first-order chi connectivity index (χ1) is 17.3. The SMILES string of the molecule is COc1ccc2nc(NC(=O)C(C)Sc3cccc(NC(=S)Nc4ccc(C(C)=O)cc4)c3)sc2c1. The average molecular weight is 537 g/mol. The molecular formula is C26H24N4O3S3. The molecule has 0 saturated heterocycles. The van der Waals surface area contributed by atoms with Crippen LogP contribution in [0.5, 0.6) is 5.75 Å². The molecule has 36 heavy (non-hydrogen) atoms. The van der Waals surface area contributed by atoms with Crippen LogP contribution in [-0.4, -0.2) is 34.1 Å². The van der Waals surface area contributed by atoms with Gasteiger partial charge in [-0.25, -0.2) is 4.98 Å². The molecule has 0 bridgehead atoms. The van der Waals surface area contributed by atoms with Crippen molar-refractivity contribution in [3.05, 3.63) is 72.3 Å². The van der Waals surface area contributed by atoms with Gasteiger partial charge in [0.25, 0.3) is 0 Å². The minimum atomic E-state index is -0.341. The van der Waals surface area contributed by atoms with Gasteiger partial charge in [0.05, 0.1) is 22.6 Å². The van der Waals surface area contributed by atoms with Gasteiger partial charge in [-0.2, -0.15) is 0 Å². The summed E-state index contributed by atoms with van der Waals surface area (Å²) in [7, 11) is 1.62. The van der Waals surface area contributed by atoms with E-state index < -0.39 is 0 Å². The number of Topliss-reactive ketones (excluding diaryl/α,β-unsaturated/α-hetero) is 1. The predicted octanol–water partition coefficient (Wildman–Crippen LogP) is 6.44. The third-order valence-electron chi connectivity index (χ3n) is 5.15. The van der Waals surface area contributed by atoms with Gasteiger partial charge in [-0.3, -0.25) is 9.59 Å². The van der Waals surface area contributed by atoms with Gasteiger partial charge in [-0.05, 0) is 86.7 Å². The molecule has 1 heterocycles. The normalized spacial score (nSPS) is 11.5. The van der Waals surface area contributed by atoms with E-state index in [4.69, 9.17) is 17.0 Å². The van der Waals surface area contributed by atoms with Crippen molar-refractivity contribution < 1.29 is 14.3 Å². The lowest BCUT2D eigenvalue weighted by molar-refractivity contribution is -0.115. The van der Waals surface area contributed by atoms with Crippen molar-refractivity contribution in [3.8, 4) is 5.75 Å². The number of carbonyl (C=O) groups is 2. The van der Waals surface area contributed by atoms with Crippen LogP contribution >= 0.6 is 35.3 Å². The Labute approximate surface area is 222 Å². The Bertz CT molecular complexity index is 1420. The molecule has 184 valence electrons. The van der Waals surface area contributed by atoms with Gasteiger partial charge in [-0.1, -0.05) is 17.4 Å². The molecule has 1 atom stereocenters. The minimum absolute atomic E-state index is 0.0141. The van der Waals surface area contributed by atoms with Crippen LogP contribution in [0.25, 0.3) is 10.2 Å². The number of thiazole rings is 1. The number of hydrogen-bond donors (Lipinski definition) is 3. The summed E-state index contributed by atoms with van der Waals surface area (Å²) in [6.45, 7) is 3.38. The Hall–Kier alpha value is -3.47. The van der Waals surface area contributed by atoms with Crippen LogP contribution < -0.4 is 20.7 Å². The summed E-state index contributed by atoms with van der Waals surface area (Å²) < 4.78 is 6.20. The monoisotopic (exact) mass is 536 g/mol. The third-order valence-corrected chi connectivity index (χ3v) is 7.38. The Morgan fingerprint density at radius 3 is 2.47 bits per heavy atom. The van der Waals surface area contributed by atoms with Crippen LogP contribution in [0.2, 0.25) is 0 Å². The summed E-state index contributed by atoms with van der Waals surface area (Å²) in [5.41, 5.74) is 3.03. The molecule has 0 radical (unpaired) electrons. The van der Waals surface area contributed by atoms with Gasteiger partial charge in [-0.15, -0.1) is 11.8 Å². The van der Waals surface area contributed by atoms with Crippen LogP contribution in [0.1, 0.15) is 24.2 Å². The number of carbonyl (C=O) groups excluding carboxylic acids is 2. The van der Waals surface area contributed by atoms with Crippen molar-refractivity contribution in [2.45, 2.75) is 24.0 Å². The van der Waals surface area contributed by atoms with Crippen molar-refractivity contribution >= 4 is 78.8 Å². The summed E-state index contributed by atoms with van der Waals surface area (Å²) in [4.78, 5) is 29.6. The summed E-state index contributed by atoms with van der Waals surface area (Å²) in [5, 5.41) is 9.81. The van der Waals surface area contributed by atoms with Gasteiger partial charge in [0.15, 0.2) is 16.0 Å². The first kappa shape index (κ1) is 25.6. The number of ketones is 1. The molecule has 1 aromatic heterocycles. The highest BCUT2D eigenvalue weighted by Gasteiger charge is 2.17. The Kier molecular flexibility index (Phi) is 8.19. The first-order valence-corrected chi connectivity index (χ1v) is 13.1. The molecular weight excluding hydrogens is 513 g/mol. The van der Waals surface area contributed by atoms with E-state index in [2.05, 4.69) is 20.9 Å². The molecule has 0 fully saturated rings. The highest BCUT2D eigenvalue weighted by molar-refractivity contribution is 8.00. The molecule has 3 N–H and O–H groups in total. The number of thioether (sulfide) groups is 1. The maximum Gasteiger partial charge on any atom is 0.239 e. The molecule has 3 aromatic carbocycles. The second kappa shape index (κ2) is 11.5. The largest absolute Gasteiger partial charge is 0.497 e. The first-order valence-electron chi connectivity index (χ1n) is 11.0. The fraction of sp³-hybridized carbons (Fsp3) is 0.154. The Morgan fingerprint density at radius 1 is 1.00 bits per heavy atom. The van der Waals surface area contributed by atoms with E-state index in [9.17, 15) is 9.59 Å². The van der Waals surface area contributed by atoms with Gasteiger partial charge in [0.1, 0.15) is 5.75 Å². The zero-order valence-corrected chi connectivity index (χ0v) is 22.3. The lowest BCUT2D eigenvalue weighted by Gasteiger charge is -2.13. The van der Waals surface area contributed by atoms with Crippen molar-refractivity contribution in [2.75, 3.05) is 23.1 Å². The number of benzene rings is 3. The van der Waals surface area contributed by atoms with Crippen molar-refractivity contribution in [3.63, 3.8) is 0 Å². The summed E-state index contributed by atoms with van der Waals surface area (Å²) in [6.07, 6.45) is 0. The molecule has 10 heteroatoms. The number of ether oxygens (including phenoxy) is 1. The van der Waals surface area contributed by atoms with Gasteiger partial charge in [0, 0.05) is 21.8 Å². The van der Waals surface area contributed by atoms with Crippen LogP contribution in [0, 0.1) is 0 Å². The highest BCUT2D eigenvalue weighted by atomic mass is 32.2. The zero-order valence-electron chi connectivity index (χ0n) is 19.8. The fourth-order valence-electron chi connectivity index (χ4n) is 3.28. The van der Waals surface area contributed by atoms with E-state index in [0.29, 0.717) is 15.8 Å². The molecule has 4 aromatic rings. The summed E-state index contributed by atoms with van der Waals surface area (Å²) >= 11 is 8.27. The quantitative estimate of drug-likeness (QED) is 0.135. The van der Waals surface area contributed by atoms with Crippen LogP contribution in [-0.2, 0) is 4.79 Å². The Morgan fingerprint density at radius 2 is 1.75 bits per heavy atom. The number of aromatic nitrogens is 1. The van der Waals surface area contributed by atoms with E-state index in [-0.39, 0.29) is 16.9 Å². The summed E-state index contributed by atoms with van der Waals surface area (Å²) in [5.74, 6) is 0.637. The minimum Gasteiger partial charge on any atom is -0.497 e. The zero-order chi connectivity index (χ0) is 25.7. The van der Waals surface area contributed by atoms with Crippen LogP contribution in [0.3, 0.4) is 0 Å². The number of fused-ring (bicyclic) bond motifs is 1. The molecule has 7 nitrogen and oxygen atoms in total. The smallest absolute Gasteiger partial charge is 0.239 e. The number of nitrogens with one attached hydrogen (secondary N) is 3. The average Bonchev–Trinajstić information content (AvgIpc) is 3.25. The number of anilines is 3. The maximum absolute atomic E-state index is 12.8. The third kappa shape index (κ3) is 6.60. The lowest BCUT2D eigenvalue weighted by atomic mass is 10.1. The molecule has 0 aliphatic heterocycles. The predicted molar refractivity (Wildman–Crippen MR) is 153 cm³/mol. The number of nitrogens with zero attached hydrogens (tertiary/aromatic N) is 1. The topological polar surface area (TPSA) is 92.3 Å². The molecule has 1 amide bonds. The number of methoxy groups -OCH3 is 1. The summed E-state index contributed by atoms with van der Waals surface area (Å²) in [6, 6.07) is 20.4. The second-order valence-electron chi connectivity index (χ2n) is 7.84. The van der Waals surface area contributed by atoms with Crippen molar-refractivity contribution in [1.29, 1.82) is 0 Å². The van der Waals surface area contributed by atoms with E-state index in [1.807, 2.05) is 49.4 Å². The van der Waals surface area contributed by atoms with Crippen molar-refractivity contribution in [1.82, 2.24) is 4.98 Å². The van der Waals surface area contributed by atoms with Gasteiger partial charge >= 0.3 is 0 Å². The van der Waals surface area contributed by atoms with E-state index in [0.717, 1.165) is 32.2 Å². The highest BCUT2D eigenvalue weighted by Crippen LogP contribution is 2.31. The van der Waals surface area contributed by atoms with Crippen molar-refractivity contribution in [2.24, 2.45) is 0 Å². The lowest BCUT2D eigenvalue weighted by Crippen LogP contribution is -2.22. The molecule has 0 aliphatic rings. The van der Waals surface area contributed by atoms with E-state index in [1.54, 1.807) is 31.4 Å². The van der Waals surface area contributed by atoms with Crippen LogP contribution in [0.4, 0.5) is 16.5 Å². The number of hydrogen-bond acceptors (Lipinski definition) is 7. The molecule has 0 saturated carbocycles.